The van der Waals surface area contributed by atoms with Gasteiger partial charge in [0.25, 0.3) is 0 Å². The quantitative estimate of drug-likeness (QED) is 0.702. The minimum absolute atomic E-state index is 0.160. The Morgan fingerprint density at radius 2 is 2.08 bits per heavy atom. The summed E-state index contributed by atoms with van der Waals surface area (Å²) in [6.07, 6.45) is 6.81. The van der Waals surface area contributed by atoms with Gasteiger partial charge in [-0.2, -0.15) is 0 Å². The first-order chi connectivity index (χ1) is 5.88. The molecule has 0 spiro atoms. The van der Waals surface area contributed by atoms with E-state index in [2.05, 4.69) is 6.92 Å². The highest BCUT2D eigenvalue weighted by Gasteiger charge is 2.23. The van der Waals surface area contributed by atoms with Crippen LogP contribution >= 0.6 is 0 Å². The predicted octanol–water partition coefficient (Wildman–Crippen LogP) is 1.96. The normalized spacial score (nSPS) is 30.5. The van der Waals surface area contributed by atoms with Crippen LogP contribution in [0, 0.1) is 5.92 Å². The Hall–Kier alpha value is -0.0800. The molecule has 1 rings (SSSR count). The van der Waals surface area contributed by atoms with Gasteiger partial charge >= 0.3 is 0 Å². The Kier molecular flexibility index (Phi) is 4.62. The maximum Gasteiger partial charge on any atom is 0.0701 e. The molecular weight excluding hydrogens is 152 g/mol. The first kappa shape index (κ1) is 10.0. The summed E-state index contributed by atoms with van der Waals surface area (Å²) in [6, 6.07) is 0. The van der Waals surface area contributed by atoms with Gasteiger partial charge in [0.15, 0.2) is 0 Å². The number of hydrogen-bond acceptors (Lipinski definition) is 2. The Morgan fingerprint density at radius 1 is 1.33 bits per heavy atom. The maximum atomic E-state index is 8.63. The van der Waals surface area contributed by atoms with Gasteiger partial charge in [-0.05, 0) is 18.8 Å². The molecule has 1 aliphatic rings. The third-order valence-corrected chi connectivity index (χ3v) is 2.79. The molecule has 12 heavy (non-hydrogen) atoms. The van der Waals surface area contributed by atoms with Crippen molar-refractivity contribution in [3.63, 3.8) is 0 Å². The van der Waals surface area contributed by atoms with Crippen molar-refractivity contribution in [2.24, 2.45) is 5.92 Å². The molecular formula is C10H20O2. The summed E-state index contributed by atoms with van der Waals surface area (Å²) in [6.45, 7) is 2.90. The minimum Gasteiger partial charge on any atom is -0.394 e. The SMILES string of the molecule is CCC1CCCCC1OCCO. The van der Waals surface area contributed by atoms with E-state index in [0.717, 1.165) is 5.92 Å². The molecule has 0 radical (unpaired) electrons. The molecule has 2 atom stereocenters. The molecule has 0 heterocycles. The van der Waals surface area contributed by atoms with Gasteiger partial charge in [-0.25, -0.2) is 0 Å². The lowest BCUT2D eigenvalue weighted by atomic mass is 9.85. The molecule has 0 bridgehead atoms. The van der Waals surface area contributed by atoms with E-state index in [1.54, 1.807) is 0 Å². The van der Waals surface area contributed by atoms with E-state index in [0.29, 0.717) is 12.7 Å². The van der Waals surface area contributed by atoms with E-state index in [1.165, 1.54) is 32.1 Å². The molecule has 0 amide bonds. The van der Waals surface area contributed by atoms with Crippen LogP contribution in [-0.2, 0) is 4.74 Å². The second-order valence-corrected chi connectivity index (χ2v) is 3.59. The number of aliphatic hydroxyl groups excluding tert-OH is 1. The van der Waals surface area contributed by atoms with Crippen molar-refractivity contribution >= 4 is 0 Å². The van der Waals surface area contributed by atoms with Crippen molar-refractivity contribution in [1.29, 1.82) is 0 Å². The van der Waals surface area contributed by atoms with Gasteiger partial charge in [-0.1, -0.05) is 26.2 Å². The van der Waals surface area contributed by atoms with Crippen molar-refractivity contribution in [1.82, 2.24) is 0 Å². The van der Waals surface area contributed by atoms with Gasteiger partial charge < -0.3 is 9.84 Å². The molecule has 0 aromatic carbocycles. The van der Waals surface area contributed by atoms with Crippen LogP contribution in [0.4, 0.5) is 0 Å². The lowest BCUT2D eigenvalue weighted by Crippen LogP contribution is -2.28. The topological polar surface area (TPSA) is 29.5 Å². The Bertz CT molecular complexity index is 114. The zero-order valence-electron chi connectivity index (χ0n) is 7.96. The largest absolute Gasteiger partial charge is 0.394 e. The molecule has 72 valence electrons. The van der Waals surface area contributed by atoms with Crippen LogP contribution in [0.25, 0.3) is 0 Å². The molecule has 2 nitrogen and oxygen atoms in total. The van der Waals surface area contributed by atoms with E-state index >= 15 is 0 Å². The summed E-state index contributed by atoms with van der Waals surface area (Å²) in [5.41, 5.74) is 0. The second kappa shape index (κ2) is 5.55. The van der Waals surface area contributed by atoms with Crippen molar-refractivity contribution in [3.05, 3.63) is 0 Å². The Morgan fingerprint density at radius 3 is 2.75 bits per heavy atom. The van der Waals surface area contributed by atoms with E-state index < -0.39 is 0 Å². The summed E-state index contributed by atoms with van der Waals surface area (Å²) in [5.74, 6) is 0.741. The molecule has 0 aromatic rings. The molecule has 1 N–H and O–H groups in total. The maximum absolute atomic E-state index is 8.63. The number of rotatable bonds is 4. The van der Waals surface area contributed by atoms with Crippen LogP contribution in [0.3, 0.4) is 0 Å². The van der Waals surface area contributed by atoms with Crippen molar-refractivity contribution < 1.29 is 9.84 Å². The van der Waals surface area contributed by atoms with Crippen molar-refractivity contribution in [3.8, 4) is 0 Å². The van der Waals surface area contributed by atoms with Crippen LogP contribution in [0.5, 0.6) is 0 Å². The highest BCUT2D eigenvalue weighted by atomic mass is 16.5. The zero-order chi connectivity index (χ0) is 8.81. The van der Waals surface area contributed by atoms with E-state index in [1.807, 2.05) is 0 Å². The predicted molar refractivity (Wildman–Crippen MR) is 49.1 cm³/mol. The molecule has 0 aromatic heterocycles. The molecule has 2 heteroatoms. The number of ether oxygens (including phenoxy) is 1. The summed E-state index contributed by atoms with van der Waals surface area (Å²) in [4.78, 5) is 0. The van der Waals surface area contributed by atoms with Crippen LogP contribution in [0.1, 0.15) is 39.0 Å². The summed E-state index contributed by atoms with van der Waals surface area (Å²) >= 11 is 0. The third-order valence-electron chi connectivity index (χ3n) is 2.79. The van der Waals surface area contributed by atoms with Gasteiger partial charge in [-0.15, -0.1) is 0 Å². The first-order valence-corrected chi connectivity index (χ1v) is 5.11. The van der Waals surface area contributed by atoms with E-state index in [4.69, 9.17) is 9.84 Å². The molecule has 2 unspecified atom stereocenters. The molecule has 1 saturated carbocycles. The van der Waals surface area contributed by atoms with Crippen LogP contribution in [0.2, 0.25) is 0 Å². The van der Waals surface area contributed by atoms with Gasteiger partial charge in [0.05, 0.1) is 19.3 Å². The lowest BCUT2D eigenvalue weighted by Gasteiger charge is -2.30. The summed E-state index contributed by atoms with van der Waals surface area (Å²) < 4.78 is 5.59. The van der Waals surface area contributed by atoms with Gasteiger partial charge in [0, 0.05) is 0 Å². The first-order valence-electron chi connectivity index (χ1n) is 5.11. The molecule has 0 saturated heterocycles. The number of aliphatic hydroxyl groups is 1. The standard InChI is InChI=1S/C10H20O2/c1-2-9-5-3-4-6-10(9)12-8-7-11/h9-11H,2-8H2,1H3. The fourth-order valence-electron chi connectivity index (χ4n) is 2.06. The van der Waals surface area contributed by atoms with Crippen LogP contribution < -0.4 is 0 Å². The fourth-order valence-corrected chi connectivity index (χ4v) is 2.06. The van der Waals surface area contributed by atoms with Crippen LogP contribution in [-0.4, -0.2) is 24.4 Å². The van der Waals surface area contributed by atoms with Gasteiger partial charge in [0.2, 0.25) is 0 Å². The monoisotopic (exact) mass is 172 g/mol. The highest BCUT2D eigenvalue weighted by Crippen LogP contribution is 2.28. The lowest BCUT2D eigenvalue weighted by molar-refractivity contribution is -0.0258. The third kappa shape index (κ3) is 2.76. The van der Waals surface area contributed by atoms with E-state index in [-0.39, 0.29) is 6.61 Å². The highest BCUT2D eigenvalue weighted by molar-refractivity contribution is 4.74. The minimum atomic E-state index is 0.160. The van der Waals surface area contributed by atoms with Crippen molar-refractivity contribution in [2.75, 3.05) is 13.2 Å². The average Bonchev–Trinajstić information content (AvgIpc) is 2.15. The Labute approximate surface area is 74.9 Å². The number of hydrogen-bond donors (Lipinski definition) is 1. The molecule has 1 aliphatic carbocycles. The smallest absolute Gasteiger partial charge is 0.0701 e. The van der Waals surface area contributed by atoms with Gasteiger partial charge in [-0.3, -0.25) is 0 Å². The van der Waals surface area contributed by atoms with Gasteiger partial charge in [0.1, 0.15) is 0 Å². The molecule has 0 aliphatic heterocycles. The fraction of sp³-hybridized carbons (Fsp3) is 1.00. The summed E-state index contributed by atoms with van der Waals surface area (Å²) in [7, 11) is 0. The second-order valence-electron chi connectivity index (χ2n) is 3.59. The zero-order valence-corrected chi connectivity index (χ0v) is 7.96. The Balaban J connectivity index is 2.26. The average molecular weight is 172 g/mol. The van der Waals surface area contributed by atoms with E-state index in [9.17, 15) is 0 Å². The van der Waals surface area contributed by atoms with Crippen LogP contribution in [0.15, 0.2) is 0 Å². The van der Waals surface area contributed by atoms with Crippen molar-refractivity contribution in [2.45, 2.75) is 45.1 Å². The summed E-state index contributed by atoms with van der Waals surface area (Å²) in [5, 5.41) is 8.63. The molecule has 1 fully saturated rings.